The van der Waals surface area contributed by atoms with E-state index in [1.807, 2.05) is 37.3 Å². The molecule has 3 aromatic rings. The lowest BCUT2D eigenvalue weighted by Crippen LogP contribution is -2.40. The van der Waals surface area contributed by atoms with Gasteiger partial charge < -0.3 is 14.2 Å². The standard InChI is InChI=1S/C24H27ClN2O4S2/c1-16-5-7-19-20(13-16)32-23(22(19)25)24(28)27(17-9-12-33(29,30)15-17)14-18-6-8-21(31-18)26-10-3-2-4-11-26/h5-8,13,17H,2-4,9-12,14-15H2,1H3. The first-order valence-corrected chi connectivity index (χ1v) is 14.4. The van der Waals surface area contributed by atoms with Gasteiger partial charge in [-0.25, -0.2) is 8.42 Å². The van der Waals surface area contributed by atoms with Gasteiger partial charge in [0.2, 0.25) is 0 Å². The van der Waals surface area contributed by atoms with Crippen molar-refractivity contribution >= 4 is 54.7 Å². The van der Waals surface area contributed by atoms with Gasteiger partial charge in [0.15, 0.2) is 15.7 Å². The lowest BCUT2D eigenvalue weighted by molar-refractivity contribution is 0.0671. The largest absolute Gasteiger partial charge is 0.444 e. The van der Waals surface area contributed by atoms with Gasteiger partial charge in [0, 0.05) is 35.3 Å². The molecule has 1 atom stereocenters. The molecule has 1 aromatic carbocycles. The number of anilines is 1. The Kier molecular flexibility index (Phi) is 6.18. The number of carbonyl (C=O) groups is 1. The molecule has 0 aliphatic carbocycles. The van der Waals surface area contributed by atoms with Crippen molar-refractivity contribution in [2.75, 3.05) is 29.5 Å². The monoisotopic (exact) mass is 506 g/mol. The summed E-state index contributed by atoms with van der Waals surface area (Å²) < 4.78 is 31.5. The molecule has 1 unspecified atom stereocenters. The second-order valence-electron chi connectivity index (χ2n) is 9.02. The molecule has 33 heavy (non-hydrogen) atoms. The average Bonchev–Trinajstić information content (AvgIpc) is 3.49. The number of benzene rings is 1. The Morgan fingerprint density at radius 2 is 2.00 bits per heavy atom. The number of thiophene rings is 1. The molecule has 0 spiro atoms. The summed E-state index contributed by atoms with van der Waals surface area (Å²) in [5.74, 6) is 1.29. The lowest BCUT2D eigenvalue weighted by atomic mass is 10.1. The fourth-order valence-corrected chi connectivity index (χ4v) is 8.03. The Hall–Kier alpha value is -2.03. The number of halogens is 1. The molecule has 176 valence electrons. The van der Waals surface area contributed by atoms with Gasteiger partial charge in [0.25, 0.3) is 5.91 Å². The van der Waals surface area contributed by atoms with Crippen molar-refractivity contribution in [2.24, 2.45) is 0 Å². The Morgan fingerprint density at radius 1 is 1.21 bits per heavy atom. The van der Waals surface area contributed by atoms with Crippen molar-refractivity contribution in [2.45, 2.75) is 45.2 Å². The van der Waals surface area contributed by atoms with E-state index in [9.17, 15) is 13.2 Å². The highest BCUT2D eigenvalue weighted by Gasteiger charge is 2.37. The molecule has 5 rings (SSSR count). The predicted octanol–water partition coefficient (Wildman–Crippen LogP) is 5.28. The summed E-state index contributed by atoms with van der Waals surface area (Å²) in [6.45, 7) is 4.15. The van der Waals surface area contributed by atoms with Crippen molar-refractivity contribution in [3.63, 3.8) is 0 Å². The molecule has 0 radical (unpaired) electrons. The van der Waals surface area contributed by atoms with E-state index in [0.717, 1.165) is 47.5 Å². The van der Waals surface area contributed by atoms with Crippen molar-refractivity contribution < 1.29 is 17.6 Å². The highest BCUT2D eigenvalue weighted by atomic mass is 35.5. The van der Waals surface area contributed by atoms with Crippen LogP contribution in [0, 0.1) is 6.92 Å². The predicted molar refractivity (Wildman–Crippen MR) is 133 cm³/mol. The Labute approximate surface area is 203 Å². The van der Waals surface area contributed by atoms with Gasteiger partial charge in [0.05, 0.1) is 23.1 Å². The van der Waals surface area contributed by atoms with Crippen LogP contribution in [0.25, 0.3) is 10.1 Å². The SMILES string of the molecule is Cc1ccc2c(Cl)c(C(=O)N(Cc3ccc(N4CCCCC4)o3)C3CCS(=O)(=O)C3)sc2c1. The van der Waals surface area contributed by atoms with E-state index in [-0.39, 0.29) is 24.0 Å². The third kappa shape index (κ3) is 4.66. The van der Waals surface area contributed by atoms with Gasteiger partial charge >= 0.3 is 0 Å². The highest BCUT2D eigenvalue weighted by Crippen LogP contribution is 2.38. The zero-order chi connectivity index (χ0) is 23.2. The third-order valence-electron chi connectivity index (χ3n) is 6.53. The molecular weight excluding hydrogens is 480 g/mol. The van der Waals surface area contributed by atoms with Crippen LogP contribution in [0.1, 0.15) is 46.7 Å². The molecule has 0 bridgehead atoms. The molecule has 0 N–H and O–H groups in total. The van der Waals surface area contributed by atoms with Crippen LogP contribution in [0.5, 0.6) is 0 Å². The molecule has 2 saturated heterocycles. The molecule has 6 nitrogen and oxygen atoms in total. The summed E-state index contributed by atoms with van der Waals surface area (Å²) in [6.07, 6.45) is 3.95. The fraction of sp³-hybridized carbons (Fsp3) is 0.458. The molecular formula is C24H27ClN2O4S2. The van der Waals surface area contributed by atoms with E-state index < -0.39 is 15.9 Å². The van der Waals surface area contributed by atoms with Gasteiger partial charge in [-0.15, -0.1) is 11.3 Å². The van der Waals surface area contributed by atoms with Crippen LogP contribution in [0.2, 0.25) is 5.02 Å². The van der Waals surface area contributed by atoms with Crippen molar-refractivity contribution in [1.82, 2.24) is 4.90 Å². The minimum absolute atomic E-state index is 0.0277. The van der Waals surface area contributed by atoms with E-state index in [1.54, 1.807) is 4.90 Å². The first-order valence-electron chi connectivity index (χ1n) is 11.3. The zero-order valence-electron chi connectivity index (χ0n) is 18.5. The Bertz CT molecular complexity index is 1290. The topological polar surface area (TPSA) is 70.8 Å². The zero-order valence-corrected chi connectivity index (χ0v) is 20.9. The molecule has 2 fully saturated rings. The van der Waals surface area contributed by atoms with Gasteiger partial charge in [-0.3, -0.25) is 4.79 Å². The van der Waals surface area contributed by atoms with Crippen LogP contribution in [-0.4, -0.2) is 49.9 Å². The molecule has 2 aliphatic heterocycles. The first kappa shape index (κ1) is 22.7. The number of nitrogens with zero attached hydrogens (tertiary/aromatic N) is 2. The number of carbonyl (C=O) groups excluding carboxylic acids is 1. The average molecular weight is 507 g/mol. The maximum absolute atomic E-state index is 13.7. The second-order valence-corrected chi connectivity index (χ2v) is 12.7. The number of amides is 1. The molecule has 0 saturated carbocycles. The number of furan rings is 1. The smallest absolute Gasteiger partial charge is 0.266 e. The van der Waals surface area contributed by atoms with Gasteiger partial charge in [0.1, 0.15) is 10.6 Å². The quantitative estimate of drug-likeness (QED) is 0.471. The summed E-state index contributed by atoms with van der Waals surface area (Å²) in [6, 6.07) is 9.37. The molecule has 2 aromatic heterocycles. The van der Waals surface area contributed by atoms with Gasteiger partial charge in [-0.05, 0) is 50.3 Å². The van der Waals surface area contributed by atoms with Crippen LogP contribution >= 0.6 is 22.9 Å². The summed E-state index contributed by atoms with van der Waals surface area (Å²) in [5.41, 5.74) is 1.10. The molecule has 9 heteroatoms. The number of hydrogen-bond donors (Lipinski definition) is 0. The third-order valence-corrected chi connectivity index (χ3v) is 9.93. The number of rotatable bonds is 5. The number of fused-ring (bicyclic) bond motifs is 1. The highest BCUT2D eigenvalue weighted by molar-refractivity contribution is 7.91. The van der Waals surface area contributed by atoms with Crippen LogP contribution in [0.4, 0.5) is 5.88 Å². The summed E-state index contributed by atoms with van der Waals surface area (Å²) in [5, 5.41) is 1.28. The maximum Gasteiger partial charge on any atom is 0.266 e. The van der Waals surface area contributed by atoms with Crippen molar-refractivity contribution in [1.29, 1.82) is 0 Å². The summed E-state index contributed by atoms with van der Waals surface area (Å²) >= 11 is 7.99. The number of piperidine rings is 1. The van der Waals surface area contributed by atoms with E-state index >= 15 is 0 Å². The van der Waals surface area contributed by atoms with E-state index in [4.69, 9.17) is 16.0 Å². The fourth-order valence-electron chi connectivity index (χ4n) is 4.73. The second kappa shape index (κ2) is 8.96. The van der Waals surface area contributed by atoms with E-state index in [2.05, 4.69) is 4.90 Å². The lowest BCUT2D eigenvalue weighted by Gasteiger charge is -2.28. The Morgan fingerprint density at radius 3 is 2.73 bits per heavy atom. The van der Waals surface area contributed by atoms with Crippen LogP contribution in [-0.2, 0) is 16.4 Å². The van der Waals surface area contributed by atoms with Crippen LogP contribution in [0.15, 0.2) is 34.7 Å². The van der Waals surface area contributed by atoms with E-state index in [1.165, 1.54) is 17.8 Å². The normalized spacial score (nSPS) is 20.4. The number of sulfone groups is 1. The summed E-state index contributed by atoms with van der Waals surface area (Å²) in [7, 11) is -3.16. The summed E-state index contributed by atoms with van der Waals surface area (Å²) in [4.78, 5) is 18.1. The maximum atomic E-state index is 13.7. The first-order chi connectivity index (χ1) is 15.8. The van der Waals surface area contributed by atoms with Crippen LogP contribution < -0.4 is 4.90 Å². The van der Waals surface area contributed by atoms with Gasteiger partial charge in [-0.1, -0.05) is 23.7 Å². The van der Waals surface area contributed by atoms with Crippen molar-refractivity contribution in [3.05, 3.63) is 51.6 Å². The Balaban J connectivity index is 1.46. The minimum Gasteiger partial charge on any atom is -0.444 e. The van der Waals surface area contributed by atoms with E-state index in [0.29, 0.717) is 22.1 Å². The molecule has 1 amide bonds. The molecule has 2 aliphatic rings. The van der Waals surface area contributed by atoms with Crippen molar-refractivity contribution in [3.8, 4) is 0 Å². The number of aryl methyl sites for hydroxylation is 1. The minimum atomic E-state index is -3.16. The number of hydrogen-bond acceptors (Lipinski definition) is 6. The molecule has 4 heterocycles. The van der Waals surface area contributed by atoms with Crippen LogP contribution in [0.3, 0.4) is 0 Å². The van der Waals surface area contributed by atoms with Gasteiger partial charge in [-0.2, -0.15) is 0 Å².